The van der Waals surface area contributed by atoms with Gasteiger partial charge in [0.25, 0.3) is 0 Å². The Balaban J connectivity index is 2.04. The molecule has 0 N–H and O–H groups in total. The standard InChI is InChI=1S/C12H25NO2/c1-11(2)13-7-5-12(6-8-13)15-10-4-9-14-3/h11-12H,4-10H2,1-3H3. The lowest BCUT2D eigenvalue weighted by Crippen LogP contribution is -2.41. The average molecular weight is 215 g/mol. The van der Waals surface area contributed by atoms with Crippen LogP contribution >= 0.6 is 0 Å². The van der Waals surface area contributed by atoms with Gasteiger partial charge in [-0.2, -0.15) is 0 Å². The van der Waals surface area contributed by atoms with Gasteiger partial charge in [0, 0.05) is 39.5 Å². The third kappa shape index (κ3) is 4.96. The highest BCUT2D eigenvalue weighted by molar-refractivity contribution is 4.74. The van der Waals surface area contributed by atoms with Gasteiger partial charge >= 0.3 is 0 Å². The summed E-state index contributed by atoms with van der Waals surface area (Å²) < 4.78 is 10.8. The molecule has 3 heteroatoms. The van der Waals surface area contributed by atoms with Gasteiger partial charge in [0.15, 0.2) is 0 Å². The molecule has 90 valence electrons. The van der Waals surface area contributed by atoms with Crippen LogP contribution in [0.1, 0.15) is 33.1 Å². The van der Waals surface area contributed by atoms with Crippen LogP contribution in [0.2, 0.25) is 0 Å². The fraction of sp³-hybridized carbons (Fsp3) is 1.00. The quantitative estimate of drug-likeness (QED) is 0.632. The minimum Gasteiger partial charge on any atom is -0.385 e. The molecular weight excluding hydrogens is 190 g/mol. The van der Waals surface area contributed by atoms with Gasteiger partial charge < -0.3 is 14.4 Å². The van der Waals surface area contributed by atoms with Crippen molar-refractivity contribution in [3.8, 4) is 0 Å². The number of nitrogens with zero attached hydrogens (tertiary/aromatic N) is 1. The van der Waals surface area contributed by atoms with Gasteiger partial charge in [0.05, 0.1) is 6.10 Å². The highest BCUT2D eigenvalue weighted by atomic mass is 16.5. The molecule has 0 aliphatic carbocycles. The van der Waals surface area contributed by atoms with Crippen molar-refractivity contribution in [1.29, 1.82) is 0 Å². The maximum Gasteiger partial charge on any atom is 0.0599 e. The topological polar surface area (TPSA) is 21.7 Å². The molecule has 0 amide bonds. The third-order valence-corrected chi connectivity index (χ3v) is 3.05. The molecule has 1 saturated heterocycles. The van der Waals surface area contributed by atoms with Crippen molar-refractivity contribution in [2.24, 2.45) is 0 Å². The van der Waals surface area contributed by atoms with E-state index in [2.05, 4.69) is 18.7 Å². The van der Waals surface area contributed by atoms with E-state index in [1.165, 1.54) is 25.9 Å². The second kappa shape index (κ2) is 7.20. The van der Waals surface area contributed by atoms with Gasteiger partial charge in [-0.1, -0.05) is 0 Å². The molecule has 0 atom stereocenters. The van der Waals surface area contributed by atoms with Gasteiger partial charge in [0.1, 0.15) is 0 Å². The van der Waals surface area contributed by atoms with Crippen molar-refractivity contribution in [2.75, 3.05) is 33.4 Å². The number of hydrogen-bond acceptors (Lipinski definition) is 3. The van der Waals surface area contributed by atoms with E-state index >= 15 is 0 Å². The molecule has 1 fully saturated rings. The molecule has 15 heavy (non-hydrogen) atoms. The van der Waals surface area contributed by atoms with E-state index in [1.807, 2.05) is 0 Å². The molecule has 1 heterocycles. The molecule has 1 rings (SSSR count). The van der Waals surface area contributed by atoms with Crippen LogP contribution in [0.5, 0.6) is 0 Å². The van der Waals surface area contributed by atoms with Crippen LogP contribution in [0.4, 0.5) is 0 Å². The Morgan fingerprint density at radius 1 is 1.20 bits per heavy atom. The molecule has 1 aliphatic heterocycles. The number of likely N-dealkylation sites (tertiary alicyclic amines) is 1. The lowest BCUT2D eigenvalue weighted by Gasteiger charge is -2.34. The van der Waals surface area contributed by atoms with E-state index in [0.29, 0.717) is 12.1 Å². The molecule has 0 bridgehead atoms. The highest BCUT2D eigenvalue weighted by Crippen LogP contribution is 2.15. The van der Waals surface area contributed by atoms with E-state index in [4.69, 9.17) is 9.47 Å². The van der Waals surface area contributed by atoms with Crippen LogP contribution < -0.4 is 0 Å². The minimum absolute atomic E-state index is 0.483. The largest absolute Gasteiger partial charge is 0.385 e. The van der Waals surface area contributed by atoms with Crippen molar-refractivity contribution >= 4 is 0 Å². The first-order valence-electron chi connectivity index (χ1n) is 6.08. The molecule has 0 unspecified atom stereocenters. The van der Waals surface area contributed by atoms with Crippen LogP contribution in [0.25, 0.3) is 0 Å². The summed E-state index contributed by atoms with van der Waals surface area (Å²) in [4.78, 5) is 2.52. The predicted octanol–water partition coefficient (Wildman–Crippen LogP) is 1.91. The number of hydrogen-bond donors (Lipinski definition) is 0. The van der Waals surface area contributed by atoms with Crippen LogP contribution in [0.15, 0.2) is 0 Å². The summed E-state index contributed by atoms with van der Waals surface area (Å²) in [5.41, 5.74) is 0. The van der Waals surface area contributed by atoms with Crippen molar-refractivity contribution in [3.05, 3.63) is 0 Å². The van der Waals surface area contributed by atoms with Gasteiger partial charge in [-0.05, 0) is 33.1 Å². The second-order valence-electron chi connectivity index (χ2n) is 4.55. The zero-order valence-electron chi connectivity index (χ0n) is 10.4. The summed E-state index contributed by atoms with van der Waals surface area (Å²) in [7, 11) is 1.74. The van der Waals surface area contributed by atoms with Gasteiger partial charge in [-0.3, -0.25) is 0 Å². The Labute approximate surface area is 93.7 Å². The van der Waals surface area contributed by atoms with E-state index in [9.17, 15) is 0 Å². The molecular formula is C12H25NO2. The van der Waals surface area contributed by atoms with Gasteiger partial charge in [-0.15, -0.1) is 0 Å². The summed E-state index contributed by atoms with van der Waals surface area (Å²) in [6, 6.07) is 0.680. The van der Waals surface area contributed by atoms with Crippen molar-refractivity contribution in [2.45, 2.75) is 45.3 Å². The van der Waals surface area contributed by atoms with Gasteiger partial charge in [-0.25, -0.2) is 0 Å². The lowest BCUT2D eigenvalue weighted by atomic mass is 10.1. The summed E-state index contributed by atoms with van der Waals surface area (Å²) in [5, 5.41) is 0. The maximum atomic E-state index is 5.81. The van der Waals surface area contributed by atoms with E-state index < -0.39 is 0 Å². The zero-order chi connectivity index (χ0) is 11.1. The molecule has 0 saturated carbocycles. The van der Waals surface area contributed by atoms with Crippen LogP contribution in [-0.4, -0.2) is 50.5 Å². The molecule has 0 radical (unpaired) electrons. The number of piperidine rings is 1. The normalized spacial score (nSPS) is 20.0. The number of rotatable bonds is 6. The molecule has 0 aromatic rings. The second-order valence-corrected chi connectivity index (χ2v) is 4.55. The lowest BCUT2D eigenvalue weighted by molar-refractivity contribution is -0.00530. The summed E-state index contributed by atoms with van der Waals surface area (Å²) in [6.07, 6.45) is 3.87. The summed E-state index contributed by atoms with van der Waals surface area (Å²) in [6.45, 7) is 8.56. The fourth-order valence-corrected chi connectivity index (χ4v) is 2.01. The molecule has 0 spiro atoms. The predicted molar refractivity (Wildman–Crippen MR) is 62.2 cm³/mol. The van der Waals surface area contributed by atoms with Crippen molar-refractivity contribution < 1.29 is 9.47 Å². The monoisotopic (exact) mass is 215 g/mol. The molecule has 3 nitrogen and oxygen atoms in total. The third-order valence-electron chi connectivity index (χ3n) is 3.05. The SMILES string of the molecule is COCCCOC1CCN(C(C)C)CC1. The smallest absolute Gasteiger partial charge is 0.0599 e. The first-order chi connectivity index (χ1) is 7.24. The van der Waals surface area contributed by atoms with E-state index in [-0.39, 0.29) is 0 Å². The van der Waals surface area contributed by atoms with Gasteiger partial charge in [0.2, 0.25) is 0 Å². The number of methoxy groups -OCH3 is 1. The van der Waals surface area contributed by atoms with Crippen molar-refractivity contribution in [3.63, 3.8) is 0 Å². The molecule has 1 aliphatic rings. The van der Waals surface area contributed by atoms with Crippen LogP contribution in [0.3, 0.4) is 0 Å². The van der Waals surface area contributed by atoms with E-state index in [1.54, 1.807) is 7.11 Å². The Morgan fingerprint density at radius 3 is 2.40 bits per heavy atom. The van der Waals surface area contributed by atoms with Crippen LogP contribution in [0, 0.1) is 0 Å². The summed E-state index contributed by atoms with van der Waals surface area (Å²) >= 11 is 0. The summed E-state index contributed by atoms with van der Waals surface area (Å²) in [5.74, 6) is 0. The van der Waals surface area contributed by atoms with Crippen LogP contribution in [-0.2, 0) is 9.47 Å². The fourth-order valence-electron chi connectivity index (χ4n) is 2.01. The van der Waals surface area contributed by atoms with E-state index in [0.717, 1.165) is 19.6 Å². The average Bonchev–Trinajstić information content (AvgIpc) is 2.25. The highest BCUT2D eigenvalue weighted by Gasteiger charge is 2.20. The Kier molecular flexibility index (Phi) is 6.22. The first kappa shape index (κ1) is 12.9. The minimum atomic E-state index is 0.483. The zero-order valence-corrected chi connectivity index (χ0v) is 10.4. The maximum absolute atomic E-state index is 5.81. The molecule has 0 aromatic heterocycles. The Bertz CT molecular complexity index is 154. The Hall–Kier alpha value is -0.120. The first-order valence-corrected chi connectivity index (χ1v) is 6.08. The molecule has 0 aromatic carbocycles. The van der Waals surface area contributed by atoms with Crippen molar-refractivity contribution in [1.82, 2.24) is 4.90 Å². The number of ether oxygens (including phenoxy) is 2. The Morgan fingerprint density at radius 2 is 1.87 bits per heavy atom.